The summed E-state index contributed by atoms with van der Waals surface area (Å²) in [4.78, 5) is 25.8. The van der Waals surface area contributed by atoms with Crippen LogP contribution in [0.15, 0.2) is 42.7 Å². The second-order valence-corrected chi connectivity index (χ2v) is 7.93. The standard InChI is InChI=1S/C25H25N3O5/c1-31-22-11-18(20(12-23(22)32-2)27-24(29)16-7-3-4-8-16)25(30)33-15-17-14-28-10-6-5-9-21(28)19(17)13-26/h5-6,9-12,14,16H,3-4,7-8,15H2,1-2H3,(H,27,29). The molecule has 8 nitrogen and oxygen atoms in total. The van der Waals surface area contributed by atoms with Gasteiger partial charge in [0.1, 0.15) is 12.7 Å². The largest absolute Gasteiger partial charge is 0.493 e. The lowest BCUT2D eigenvalue weighted by Crippen LogP contribution is -2.22. The Hall–Kier alpha value is -3.99. The number of ether oxygens (including phenoxy) is 3. The van der Waals surface area contributed by atoms with E-state index in [4.69, 9.17) is 14.2 Å². The lowest BCUT2D eigenvalue weighted by molar-refractivity contribution is -0.119. The van der Waals surface area contributed by atoms with Crippen molar-refractivity contribution in [1.29, 1.82) is 5.26 Å². The molecule has 2 heterocycles. The number of amides is 1. The number of carbonyl (C=O) groups excluding carboxylic acids is 2. The average Bonchev–Trinajstić information content (AvgIpc) is 3.50. The van der Waals surface area contributed by atoms with Crippen LogP contribution < -0.4 is 14.8 Å². The number of methoxy groups -OCH3 is 2. The van der Waals surface area contributed by atoms with E-state index < -0.39 is 5.97 Å². The molecule has 0 aliphatic heterocycles. The Bertz CT molecular complexity index is 1230. The molecule has 0 spiro atoms. The molecule has 170 valence electrons. The molecule has 0 radical (unpaired) electrons. The minimum absolute atomic E-state index is 0.0751. The number of hydrogen-bond donors (Lipinski definition) is 1. The van der Waals surface area contributed by atoms with E-state index in [1.165, 1.54) is 20.3 Å². The van der Waals surface area contributed by atoms with Gasteiger partial charge in [-0.3, -0.25) is 4.79 Å². The van der Waals surface area contributed by atoms with Crippen LogP contribution in [0, 0.1) is 17.2 Å². The molecule has 8 heteroatoms. The number of carbonyl (C=O) groups is 2. The number of hydrogen-bond acceptors (Lipinski definition) is 6. The van der Waals surface area contributed by atoms with E-state index in [-0.39, 0.29) is 24.0 Å². The summed E-state index contributed by atoms with van der Waals surface area (Å²) >= 11 is 0. The van der Waals surface area contributed by atoms with Crippen molar-refractivity contribution in [1.82, 2.24) is 4.40 Å². The van der Waals surface area contributed by atoms with Crippen LogP contribution >= 0.6 is 0 Å². The fourth-order valence-corrected chi connectivity index (χ4v) is 4.21. The molecule has 1 N–H and O–H groups in total. The maximum atomic E-state index is 13.1. The number of fused-ring (bicyclic) bond motifs is 1. The Kier molecular flexibility index (Phi) is 6.50. The topological polar surface area (TPSA) is 102 Å². The molecule has 0 atom stereocenters. The lowest BCUT2D eigenvalue weighted by Gasteiger charge is -2.17. The third-order valence-electron chi connectivity index (χ3n) is 5.96. The highest BCUT2D eigenvalue weighted by molar-refractivity contribution is 6.02. The van der Waals surface area contributed by atoms with E-state index >= 15 is 0 Å². The molecule has 1 aromatic carbocycles. The molecule has 3 aromatic rings. The number of benzene rings is 1. The van der Waals surface area contributed by atoms with E-state index in [1.807, 2.05) is 28.8 Å². The summed E-state index contributed by atoms with van der Waals surface area (Å²) in [5, 5.41) is 12.4. The number of aromatic nitrogens is 1. The van der Waals surface area contributed by atoms with Crippen LogP contribution in [0.4, 0.5) is 5.69 Å². The first-order valence-electron chi connectivity index (χ1n) is 10.8. The second-order valence-electron chi connectivity index (χ2n) is 7.93. The zero-order valence-corrected chi connectivity index (χ0v) is 18.6. The van der Waals surface area contributed by atoms with Crippen LogP contribution in [0.1, 0.15) is 47.2 Å². The molecule has 0 bridgehead atoms. The number of esters is 1. The van der Waals surface area contributed by atoms with Gasteiger partial charge in [-0.2, -0.15) is 5.26 Å². The van der Waals surface area contributed by atoms with E-state index in [9.17, 15) is 14.9 Å². The summed E-state index contributed by atoms with van der Waals surface area (Å²) in [6.45, 7) is -0.0895. The first-order valence-corrected chi connectivity index (χ1v) is 10.8. The van der Waals surface area contributed by atoms with Crippen molar-refractivity contribution in [2.45, 2.75) is 32.3 Å². The van der Waals surface area contributed by atoms with Gasteiger partial charge in [0.15, 0.2) is 11.5 Å². The van der Waals surface area contributed by atoms with Crippen LogP contribution in [-0.4, -0.2) is 30.5 Å². The van der Waals surface area contributed by atoms with Crippen LogP contribution in [0.25, 0.3) is 5.52 Å². The van der Waals surface area contributed by atoms with Crippen LogP contribution in [-0.2, 0) is 16.1 Å². The molecular weight excluding hydrogens is 422 g/mol. The van der Waals surface area contributed by atoms with Crippen LogP contribution in [0.2, 0.25) is 0 Å². The van der Waals surface area contributed by atoms with Crippen molar-refractivity contribution in [2.75, 3.05) is 19.5 Å². The van der Waals surface area contributed by atoms with Crippen LogP contribution in [0.3, 0.4) is 0 Å². The third kappa shape index (κ3) is 4.48. The third-order valence-corrected chi connectivity index (χ3v) is 5.96. The van der Waals surface area contributed by atoms with Gasteiger partial charge in [-0.05, 0) is 25.0 Å². The monoisotopic (exact) mass is 447 g/mol. The summed E-state index contributed by atoms with van der Waals surface area (Å²) in [7, 11) is 2.95. The molecule has 0 unspecified atom stereocenters. The molecule has 1 aliphatic carbocycles. The maximum Gasteiger partial charge on any atom is 0.340 e. The average molecular weight is 447 g/mol. The molecule has 4 rings (SSSR count). The molecule has 1 aliphatic rings. The van der Waals surface area contributed by atoms with E-state index in [0.29, 0.717) is 28.3 Å². The molecule has 1 saturated carbocycles. The van der Waals surface area contributed by atoms with Crippen molar-refractivity contribution in [3.63, 3.8) is 0 Å². The van der Waals surface area contributed by atoms with Crippen molar-refractivity contribution in [2.24, 2.45) is 5.92 Å². The first kappa shape index (κ1) is 22.2. The first-order chi connectivity index (χ1) is 16.0. The quantitative estimate of drug-likeness (QED) is 0.542. The highest BCUT2D eigenvalue weighted by Crippen LogP contribution is 2.35. The normalized spacial score (nSPS) is 13.5. The van der Waals surface area contributed by atoms with Gasteiger partial charge in [0, 0.05) is 36.0 Å². The number of anilines is 1. The Morgan fingerprint density at radius 3 is 2.58 bits per heavy atom. The molecule has 33 heavy (non-hydrogen) atoms. The minimum Gasteiger partial charge on any atom is -0.493 e. The fourth-order valence-electron chi connectivity index (χ4n) is 4.21. The Morgan fingerprint density at radius 2 is 1.88 bits per heavy atom. The predicted octanol–water partition coefficient (Wildman–Crippen LogP) is 4.31. The molecular formula is C25H25N3O5. The maximum absolute atomic E-state index is 13.1. The van der Waals surface area contributed by atoms with E-state index in [1.54, 1.807) is 12.3 Å². The molecule has 0 saturated heterocycles. The van der Waals surface area contributed by atoms with Crippen molar-refractivity contribution < 1.29 is 23.8 Å². The van der Waals surface area contributed by atoms with Crippen molar-refractivity contribution >= 4 is 23.1 Å². The zero-order valence-electron chi connectivity index (χ0n) is 18.6. The Labute approximate surface area is 191 Å². The van der Waals surface area contributed by atoms with Crippen molar-refractivity contribution in [3.05, 3.63) is 59.4 Å². The minimum atomic E-state index is -0.642. The van der Waals surface area contributed by atoms with Gasteiger partial charge in [-0.25, -0.2) is 4.79 Å². The van der Waals surface area contributed by atoms with E-state index in [2.05, 4.69) is 11.4 Å². The van der Waals surface area contributed by atoms with Gasteiger partial charge in [-0.1, -0.05) is 18.9 Å². The molecule has 2 aromatic heterocycles. The SMILES string of the molecule is COc1cc(NC(=O)C2CCCC2)c(C(=O)OCc2cn3ccccc3c2C#N)cc1OC. The summed E-state index contributed by atoms with van der Waals surface area (Å²) in [6, 6.07) is 10.8. The number of pyridine rings is 1. The highest BCUT2D eigenvalue weighted by Gasteiger charge is 2.26. The van der Waals surface area contributed by atoms with Gasteiger partial charge in [0.05, 0.1) is 36.6 Å². The fraction of sp³-hybridized carbons (Fsp3) is 0.320. The Balaban J connectivity index is 1.60. The van der Waals surface area contributed by atoms with Gasteiger partial charge >= 0.3 is 5.97 Å². The number of nitrogens with one attached hydrogen (secondary N) is 1. The lowest BCUT2D eigenvalue weighted by atomic mass is 10.1. The van der Waals surface area contributed by atoms with Gasteiger partial charge in [0.25, 0.3) is 0 Å². The number of rotatable bonds is 7. The van der Waals surface area contributed by atoms with Crippen molar-refractivity contribution in [3.8, 4) is 17.6 Å². The summed E-state index contributed by atoms with van der Waals surface area (Å²) in [6.07, 6.45) is 7.29. The Morgan fingerprint density at radius 1 is 1.15 bits per heavy atom. The molecule has 1 amide bonds. The highest BCUT2D eigenvalue weighted by atomic mass is 16.5. The number of nitriles is 1. The van der Waals surface area contributed by atoms with Gasteiger partial charge < -0.3 is 23.9 Å². The zero-order chi connectivity index (χ0) is 23.4. The van der Waals surface area contributed by atoms with E-state index in [0.717, 1.165) is 31.2 Å². The van der Waals surface area contributed by atoms with Gasteiger partial charge in [-0.15, -0.1) is 0 Å². The summed E-state index contributed by atoms with van der Waals surface area (Å²) in [5.74, 6) is -0.109. The smallest absolute Gasteiger partial charge is 0.340 e. The molecule has 1 fully saturated rings. The van der Waals surface area contributed by atoms with Crippen LogP contribution in [0.5, 0.6) is 11.5 Å². The van der Waals surface area contributed by atoms with Gasteiger partial charge in [0.2, 0.25) is 5.91 Å². The number of nitrogens with zero attached hydrogens (tertiary/aromatic N) is 2. The summed E-state index contributed by atoms with van der Waals surface area (Å²) in [5.41, 5.74) is 2.24. The predicted molar refractivity (Wildman–Crippen MR) is 121 cm³/mol. The summed E-state index contributed by atoms with van der Waals surface area (Å²) < 4.78 is 18.0. The second kappa shape index (κ2) is 9.65.